The molecule has 2 amide bonds. The van der Waals surface area contributed by atoms with Gasteiger partial charge in [-0.3, -0.25) is 14.6 Å². The summed E-state index contributed by atoms with van der Waals surface area (Å²) in [6.45, 7) is 9.78. The van der Waals surface area contributed by atoms with Crippen molar-refractivity contribution < 1.29 is 18.4 Å². The molecule has 2 aromatic carbocycles. The second-order valence-corrected chi connectivity index (χ2v) is 11.4. The molecule has 0 radical (unpaired) electrons. The van der Waals surface area contributed by atoms with Gasteiger partial charge in [0.2, 0.25) is 0 Å². The van der Waals surface area contributed by atoms with Gasteiger partial charge in [-0.15, -0.1) is 0 Å². The minimum absolute atomic E-state index is 0.0497. The molecular formula is C30H37F2N3O2. The third-order valence-electron chi connectivity index (χ3n) is 7.84. The first-order valence-corrected chi connectivity index (χ1v) is 13.3. The number of hydrogen-bond acceptors (Lipinski definition) is 3. The van der Waals surface area contributed by atoms with Gasteiger partial charge in [0.25, 0.3) is 11.8 Å². The van der Waals surface area contributed by atoms with Crippen LogP contribution in [0.3, 0.4) is 0 Å². The summed E-state index contributed by atoms with van der Waals surface area (Å²) in [5, 5.41) is 2.87. The zero-order valence-electron chi connectivity index (χ0n) is 22.2. The van der Waals surface area contributed by atoms with E-state index in [1.807, 2.05) is 19.1 Å². The maximum atomic E-state index is 14.7. The predicted octanol–water partition coefficient (Wildman–Crippen LogP) is 5.91. The van der Waals surface area contributed by atoms with Crippen molar-refractivity contribution in [1.82, 2.24) is 10.2 Å². The van der Waals surface area contributed by atoms with Crippen LogP contribution in [0.2, 0.25) is 0 Å². The molecule has 1 heterocycles. The fourth-order valence-electron chi connectivity index (χ4n) is 5.53. The van der Waals surface area contributed by atoms with Crippen LogP contribution in [0.25, 0.3) is 0 Å². The zero-order valence-corrected chi connectivity index (χ0v) is 22.2. The maximum Gasteiger partial charge on any atom is 0.274 e. The van der Waals surface area contributed by atoms with Crippen LogP contribution in [-0.4, -0.2) is 41.2 Å². The number of hydrogen-bond donors (Lipinski definition) is 1. The van der Waals surface area contributed by atoms with Gasteiger partial charge >= 0.3 is 0 Å². The lowest BCUT2D eigenvalue weighted by Gasteiger charge is -2.45. The van der Waals surface area contributed by atoms with Crippen LogP contribution < -0.4 is 5.32 Å². The van der Waals surface area contributed by atoms with Crippen LogP contribution in [0.1, 0.15) is 81.3 Å². The lowest BCUT2D eigenvalue weighted by atomic mass is 9.69. The molecule has 198 valence electrons. The van der Waals surface area contributed by atoms with Gasteiger partial charge in [-0.1, -0.05) is 39.8 Å². The molecule has 4 rings (SSSR count). The topological polar surface area (TPSA) is 61.8 Å². The largest absolute Gasteiger partial charge is 0.352 e. The van der Waals surface area contributed by atoms with Crippen LogP contribution in [0.5, 0.6) is 0 Å². The third kappa shape index (κ3) is 5.76. The minimum atomic E-state index is -0.774. The summed E-state index contributed by atoms with van der Waals surface area (Å²) in [6, 6.07) is 10.7. The lowest BCUT2D eigenvalue weighted by Crippen LogP contribution is -2.50. The van der Waals surface area contributed by atoms with E-state index in [2.05, 4.69) is 26.1 Å². The van der Waals surface area contributed by atoms with E-state index in [-0.39, 0.29) is 28.5 Å². The van der Waals surface area contributed by atoms with E-state index in [1.165, 1.54) is 6.07 Å². The Kier molecular flexibility index (Phi) is 7.81. The minimum Gasteiger partial charge on any atom is -0.352 e. The van der Waals surface area contributed by atoms with Gasteiger partial charge in [0.05, 0.1) is 0 Å². The van der Waals surface area contributed by atoms with Crippen molar-refractivity contribution in [2.75, 3.05) is 13.1 Å². The van der Waals surface area contributed by atoms with Gasteiger partial charge in [-0.2, -0.15) is 0 Å². The number of carbonyl (C=O) groups excluding carboxylic acids is 2. The molecule has 0 bridgehead atoms. The molecule has 37 heavy (non-hydrogen) atoms. The van der Waals surface area contributed by atoms with E-state index in [1.54, 1.807) is 17.0 Å². The average Bonchev–Trinajstić information content (AvgIpc) is 3.11. The fraction of sp³-hybridized carbons (Fsp3) is 0.500. The highest BCUT2D eigenvalue weighted by atomic mass is 19.1. The van der Waals surface area contributed by atoms with Gasteiger partial charge in [0.15, 0.2) is 0 Å². The second kappa shape index (κ2) is 10.7. The zero-order chi connectivity index (χ0) is 26.8. The summed E-state index contributed by atoms with van der Waals surface area (Å²) in [7, 11) is 0. The van der Waals surface area contributed by atoms with Gasteiger partial charge in [0, 0.05) is 30.3 Å². The molecule has 0 atom stereocenters. The Morgan fingerprint density at radius 1 is 1.11 bits per heavy atom. The molecule has 1 spiro atoms. The maximum absolute atomic E-state index is 14.7. The Morgan fingerprint density at radius 2 is 1.78 bits per heavy atom. The first-order chi connectivity index (χ1) is 17.5. The number of benzene rings is 2. The van der Waals surface area contributed by atoms with E-state index in [9.17, 15) is 18.4 Å². The van der Waals surface area contributed by atoms with E-state index < -0.39 is 17.3 Å². The molecule has 1 aliphatic heterocycles. The Balaban J connectivity index is 1.56. The van der Waals surface area contributed by atoms with E-state index in [4.69, 9.17) is 4.99 Å². The molecule has 1 fully saturated rings. The number of aliphatic imine (C=N–C) groups is 1. The molecule has 1 aliphatic carbocycles. The molecule has 0 unspecified atom stereocenters. The van der Waals surface area contributed by atoms with E-state index in [0.29, 0.717) is 43.8 Å². The SMILES string of the molecule is CCCNC(=O)c1ccc(CCN2C(=O)C(c3ccc(F)cc3F)=NC23CCC(C(C)(C)C)CC3)cc1. The third-order valence-corrected chi connectivity index (χ3v) is 7.84. The highest BCUT2D eigenvalue weighted by Crippen LogP contribution is 2.46. The van der Waals surface area contributed by atoms with Gasteiger partial charge in [0.1, 0.15) is 23.0 Å². The first-order valence-electron chi connectivity index (χ1n) is 13.3. The van der Waals surface area contributed by atoms with Crippen LogP contribution in [0, 0.1) is 23.0 Å². The summed E-state index contributed by atoms with van der Waals surface area (Å²) >= 11 is 0. The quantitative estimate of drug-likeness (QED) is 0.504. The Labute approximate surface area is 218 Å². The predicted molar refractivity (Wildman–Crippen MR) is 142 cm³/mol. The summed E-state index contributed by atoms with van der Waals surface area (Å²) < 4.78 is 28.2. The number of nitrogens with zero attached hydrogens (tertiary/aromatic N) is 2. The number of amides is 2. The second-order valence-electron chi connectivity index (χ2n) is 11.4. The highest BCUT2D eigenvalue weighted by molar-refractivity contribution is 6.46. The molecule has 2 aliphatic rings. The van der Waals surface area contributed by atoms with Crippen molar-refractivity contribution in [2.24, 2.45) is 16.3 Å². The van der Waals surface area contributed by atoms with Crippen LogP contribution in [0.15, 0.2) is 47.5 Å². The standard InChI is InChI=1S/C30H37F2N3O2/c1-5-17-33-27(36)21-8-6-20(7-9-21)14-18-35-28(37)26(24-11-10-23(31)19-25(24)32)34-30(35)15-12-22(13-16-30)29(2,3)4/h6-11,19,22H,5,12-18H2,1-4H3,(H,33,36). The van der Waals surface area contributed by atoms with Crippen molar-refractivity contribution in [3.05, 3.63) is 70.8 Å². The fourth-order valence-corrected chi connectivity index (χ4v) is 5.53. The van der Waals surface area contributed by atoms with Crippen molar-refractivity contribution in [3.8, 4) is 0 Å². The Hall–Kier alpha value is -3.09. The Morgan fingerprint density at radius 3 is 2.38 bits per heavy atom. The molecule has 7 heteroatoms. The summed E-state index contributed by atoms with van der Waals surface area (Å²) in [5.74, 6) is -1.35. The summed E-state index contributed by atoms with van der Waals surface area (Å²) in [5.41, 5.74) is 1.18. The number of carbonyl (C=O) groups is 2. The Bertz CT molecular complexity index is 1180. The van der Waals surface area contributed by atoms with Crippen molar-refractivity contribution >= 4 is 17.5 Å². The van der Waals surface area contributed by atoms with Gasteiger partial charge in [-0.05, 0) is 79.7 Å². The van der Waals surface area contributed by atoms with Gasteiger partial charge in [-0.25, -0.2) is 8.78 Å². The molecule has 0 aromatic heterocycles. The monoisotopic (exact) mass is 509 g/mol. The molecule has 0 saturated heterocycles. The summed E-state index contributed by atoms with van der Waals surface area (Å²) in [4.78, 5) is 32.5. The first kappa shape index (κ1) is 27.0. The van der Waals surface area contributed by atoms with Crippen LogP contribution >= 0.6 is 0 Å². The van der Waals surface area contributed by atoms with Crippen molar-refractivity contribution in [3.63, 3.8) is 0 Å². The van der Waals surface area contributed by atoms with Crippen LogP contribution in [-0.2, 0) is 11.2 Å². The van der Waals surface area contributed by atoms with E-state index in [0.717, 1.165) is 37.0 Å². The number of nitrogens with one attached hydrogen (secondary N) is 1. The molecule has 5 nitrogen and oxygen atoms in total. The van der Waals surface area contributed by atoms with Crippen molar-refractivity contribution in [2.45, 2.75) is 71.9 Å². The van der Waals surface area contributed by atoms with E-state index >= 15 is 0 Å². The molecular weight excluding hydrogens is 472 g/mol. The van der Waals surface area contributed by atoms with Crippen molar-refractivity contribution in [1.29, 1.82) is 0 Å². The highest BCUT2D eigenvalue weighted by Gasteiger charge is 2.50. The number of halogens is 2. The van der Waals surface area contributed by atoms with Crippen LogP contribution in [0.4, 0.5) is 8.78 Å². The van der Waals surface area contributed by atoms with Gasteiger partial charge < -0.3 is 10.2 Å². The molecule has 2 aromatic rings. The summed E-state index contributed by atoms with van der Waals surface area (Å²) in [6.07, 6.45) is 4.74. The molecule has 1 saturated carbocycles. The average molecular weight is 510 g/mol. The normalized spacial score (nSPS) is 21.9. The number of rotatable bonds is 7. The lowest BCUT2D eigenvalue weighted by molar-refractivity contribution is -0.129. The smallest absolute Gasteiger partial charge is 0.274 e. The molecule has 1 N–H and O–H groups in total.